The van der Waals surface area contributed by atoms with Crippen LogP contribution in [0.5, 0.6) is 0 Å². The molecule has 0 saturated carbocycles. The second-order valence-electron chi connectivity index (χ2n) is 7.25. The minimum absolute atomic E-state index is 0.0588. The van der Waals surface area contributed by atoms with Crippen molar-refractivity contribution in [1.29, 1.82) is 0 Å². The van der Waals surface area contributed by atoms with Gasteiger partial charge in [-0.3, -0.25) is 14.5 Å². The molecule has 0 unspecified atom stereocenters. The molecule has 0 radical (unpaired) electrons. The van der Waals surface area contributed by atoms with Crippen LogP contribution in [0.15, 0.2) is 53.5 Å². The van der Waals surface area contributed by atoms with Gasteiger partial charge in [-0.1, -0.05) is 30.3 Å². The summed E-state index contributed by atoms with van der Waals surface area (Å²) in [6, 6.07) is 13.7. The van der Waals surface area contributed by atoms with E-state index in [-0.39, 0.29) is 17.5 Å². The highest BCUT2D eigenvalue weighted by atomic mass is 16.2. The molecule has 0 spiro atoms. The molecule has 2 aromatic rings. The first-order chi connectivity index (χ1) is 12.5. The van der Waals surface area contributed by atoms with E-state index in [2.05, 4.69) is 17.1 Å². The first kappa shape index (κ1) is 18.4. The monoisotopic (exact) mass is 353 g/mol. The van der Waals surface area contributed by atoms with Crippen molar-refractivity contribution in [3.63, 3.8) is 0 Å². The van der Waals surface area contributed by atoms with Crippen LogP contribution in [0.3, 0.4) is 0 Å². The predicted octanol–water partition coefficient (Wildman–Crippen LogP) is 2.25. The third kappa shape index (κ3) is 4.41. The molecule has 1 amide bonds. The van der Waals surface area contributed by atoms with Crippen LogP contribution in [0.25, 0.3) is 0 Å². The third-order valence-corrected chi connectivity index (χ3v) is 5.26. The smallest absolute Gasteiger partial charge is 0.248 e. The van der Waals surface area contributed by atoms with Gasteiger partial charge in [0.15, 0.2) is 0 Å². The number of nitrogens with zero attached hydrogens (tertiary/aromatic N) is 2. The Morgan fingerprint density at radius 1 is 1.19 bits per heavy atom. The summed E-state index contributed by atoms with van der Waals surface area (Å²) in [7, 11) is 3.93. The van der Waals surface area contributed by atoms with Gasteiger partial charge in [-0.05, 0) is 56.5 Å². The second-order valence-corrected chi connectivity index (χ2v) is 7.25. The van der Waals surface area contributed by atoms with Gasteiger partial charge in [0.2, 0.25) is 11.5 Å². The molecule has 1 aromatic carbocycles. The fourth-order valence-electron chi connectivity index (χ4n) is 3.69. The van der Waals surface area contributed by atoms with Crippen LogP contribution in [0.1, 0.15) is 29.9 Å². The van der Waals surface area contributed by atoms with E-state index in [1.54, 1.807) is 12.3 Å². The van der Waals surface area contributed by atoms with E-state index < -0.39 is 0 Å². The van der Waals surface area contributed by atoms with Gasteiger partial charge in [-0.15, -0.1) is 0 Å². The summed E-state index contributed by atoms with van der Waals surface area (Å²) in [5.74, 6) is 0.552. The van der Waals surface area contributed by atoms with E-state index in [4.69, 9.17) is 0 Å². The Hall–Kier alpha value is -2.40. The first-order valence-corrected chi connectivity index (χ1v) is 9.22. The Bertz CT molecular complexity index is 777. The number of aromatic nitrogens is 1. The van der Waals surface area contributed by atoms with Crippen LogP contribution in [0, 0.1) is 0 Å². The lowest BCUT2D eigenvalue weighted by molar-refractivity contribution is -0.137. The fourth-order valence-corrected chi connectivity index (χ4v) is 3.69. The van der Waals surface area contributed by atoms with Gasteiger partial charge in [-0.25, -0.2) is 0 Å². The van der Waals surface area contributed by atoms with Gasteiger partial charge in [-0.2, -0.15) is 0 Å². The number of benzene rings is 1. The maximum absolute atomic E-state index is 13.1. The van der Waals surface area contributed by atoms with Gasteiger partial charge in [0.25, 0.3) is 0 Å². The predicted molar refractivity (Wildman–Crippen MR) is 103 cm³/mol. The standard InChI is InChI=1S/C21H27N3O2/c1-23(2)19(14-16-6-4-3-5-7-16)21(26)24-12-9-17(10-13-24)18-8-11-22-20(25)15-18/h3-8,11,15,17,19H,9-10,12-14H2,1-2H3,(H,22,25)/t19-/m0/s1. The molecule has 26 heavy (non-hydrogen) atoms. The zero-order chi connectivity index (χ0) is 18.5. The summed E-state index contributed by atoms with van der Waals surface area (Å²) in [6.07, 6.45) is 4.24. The lowest BCUT2D eigenvalue weighted by atomic mass is 9.89. The number of carbonyl (C=O) groups excluding carboxylic acids is 1. The molecule has 0 aliphatic carbocycles. The molecular weight excluding hydrogens is 326 g/mol. The maximum Gasteiger partial charge on any atom is 0.248 e. The molecule has 5 heteroatoms. The van der Waals surface area contributed by atoms with Crippen LogP contribution >= 0.6 is 0 Å². The van der Waals surface area contributed by atoms with Crippen LogP contribution < -0.4 is 5.56 Å². The number of likely N-dealkylation sites (N-methyl/N-ethyl adjacent to an activating group) is 1. The van der Waals surface area contributed by atoms with E-state index >= 15 is 0 Å². The molecule has 1 aliphatic rings. The Morgan fingerprint density at radius 2 is 1.88 bits per heavy atom. The van der Waals surface area contributed by atoms with Crippen molar-refractivity contribution in [2.75, 3.05) is 27.2 Å². The molecule has 2 heterocycles. The number of hydrogen-bond donors (Lipinski definition) is 1. The van der Waals surface area contributed by atoms with E-state index in [1.807, 2.05) is 48.2 Å². The van der Waals surface area contributed by atoms with Crippen LogP contribution in [0.4, 0.5) is 0 Å². The number of piperidine rings is 1. The van der Waals surface area contributed by atoms with Gasteiger partial charge in [0.1, 0.15) is 0 Å². The van der Waals surface area contributed by atoms with E-state index in [9.17, 15) is 9.59 Å². The Labute approximate surface area is 154 Å². The normalized spacial score (nSPS) is 16.7. The highest BCUT2D eigenvalue weighted by Gasteiger charge is 2.30. The highest BCUT2D eigenvalue weighted by Crippen LogP contribution is 2.27. The molecule has 1 atom stereocenters. The molecule has 0 bridgehead atoms. The lowest BCUT2D eigenvalue weighted by Crippen LogP contribution is -2.49. The quantitative estimate of drug-likeness (QED) is 0.897. The molecule has 1 saturated heterocycles. The lowest BCUT2D eigenvalue weighted by Gasteiger charge is -2.36. The average Bonchev–Trinajstić information content (AvgIpc) is 2.66. The second kappa shape index (κ2) is 8.32. The fraction of sp³-hybridized carbons (Fsp3) is 0.429. The molecule has 1 N–H and O–H groups in total. The van der Waals surface area contributed by atoms with Gasteiger partial charge < -0.3 is 9.88 Å². The molecule has 138 valence electrons. The number of H-pyrrole nitrogens is 1. The van der Waals surface area contributed by atoms with Crippen LogP contribution in [-0.2, 0) is 11.2 Å². The average molecular weight is 353 g/mol. The van der Waals surface area contributed by atoms with Gasteiger partial charge in [0.05, 0.1) is 6.04 Å². The minimum Gasteiger partial charge on any atom is -0.341 e. The summed E-state index contributed by atoms with van der Waals surface area (Å²) in [4.78, 5) is 31.2. The molecule has 1 fully saturated rings. The molecule has 1 aliphatic heterocycles. The Kier molecular flexibility index (Phi) is 5.89. The summed E-state index contributed by atoms with van der Waals surface area (Å²) < 4.78 is 0. The Morgan fingerprint density at radius 3 is 2.50 bits per heavy atom. The zero-order valence-electron chi connectivity index (χ0n) is 15.5. The number of pyridine rings is 1. The summed E-state index contributed by atoms with van der Waals surface area (Å²) in [5, 5.41) is 0. The van der Waals surface area contributed by atoms with Gasteiger partial charge >= 0.3 is 0 Å². The number of hydrogen-bond acceptors (Lipinski definition) is 3. The third-order valence-electron chi connectivity index (χ3n) is 5.26. The summed E-state index contributed by atoms with van der Waals surface area (Å²) in [5.41, 5.74) is 2.20. The Balaban J connectivity index is 1.63. The van der Waals surface area contributed by atoms with Crippen molar-refractivity contribution in [3.05, 3.63) is 70.1 Å². The van der Waals surface area contributed by atoms with Crippen LogP contribution in [0.2, 0.25) is 0 Å². The van der Waals surface area contributed by atoms with Crippen LogP contribution in [-0.4, -0.2) is 53.9 Å². The molecular formula is C21H27N3O2. The van der Waals surface area contributed by atoms with Crippen molar-refractivity contribution in [3.8, 4) is 0 Å². The number of aromatic amines is 1. The number of rotatable bonds is 5. The highest BCUT2D eigenvalue weighted by molar-refractivity contribution is 5.82. The van der Waals surface area contributed by atoms with Crippen molar-refractivity contribution >= 4 is 5.91 Å². The largest absolute Gasteiger partial charge is 0.341 e. The summed E-state index contributed by atoms with van der Waals surface area (Å²) in [6.45, 7) is 1.49. The number of likely N-dealkylation sites (tertiary alicyclic amines) is 1. The van der Waals surface area contributed by atoms with Crippen molar-refractivity contribution in [2.24, 2.45) is 0 Å². The van der Waals surface area contributed by atoms with Gasteiger partial charge in [0, 0.05) is 25.4 Å². The minimum atomic E-state index is -0.145. The van der Waals surface area contributed by atoms with E-state index in [1.165, 1.54) is 5.56 Å². The molecule has 5 nitrogen and oxygen atoms in total. The summed E-state index contributed by atoms with van der Waals surface area (Å²) >= 11 is 0. The van der Waals surface area contributed by atoms with Crippen molar-refractivity contribution in [2.45, 2.75) is 31.2 Å². The maximum atomic E-state index is 13.1. The molecule has 1 aromatic heterocycles. The first-order valence-electron chi connectivity index (χ1n) is 9.22. The zero-order valence-corrected chi connectivity index (χ0v) is 15.5. The topological polar surface area (TPSA) is 56.4 Å². The SMILES string of the molecule is CN(C)[C@@H](Cc1ccccc1)C(=O)N1CCC(c2cc[nH]c(=O)c2)CC1. The van der Waals surface area contributed by atoms with E-state index in [0.717, 1.165) is 37.9 Å². The number of nitrogens with one attached hydrogen (secondary N) is 1. The van der Waals surface area contributed by atoms with Crippen molar-refractivity contribution < 1.29 is 4.79 Å². The molecule has 3 rings (SSSR count). The number of carbonyl (C=O) groups is 1. The van der Waals surface area contributed by atoms with Crippen molar-refractivity contribution in [1.82, 2.24) is 14.8 Å². The number of amides is 1. The van der Waals surface area contributed by atoms with E-state index in [0.29, 0.717) is 5.92 Å².